The highest BCUT2D eigenvalue weighted by molar-refractivity contribution is 5.18. The normalized spacial score (nSPS) is 30.2. The summed E-state index contributed by atoms with van der Waals surface area (Å²) in [6, 6.07) is 0. The van der Waals surface area contributed by atoms with E-state index in [2.05, 4.69) is 37.8 Å². The first-order chi connectivity index (χ1) is 12.3. The Hall–Kier alpha value is -0.700. The van der Waals surface area contributed by atoms with Crippen LogP contribution >= 0.6 is 0 Å². The van der Waals surface area contributed by atoms with Gasteiger partial charge in [0.25, 0.3) is 0 Å². The zero-order valence-electron chi connectivity index (χ0n) is 17.1. The monoisotopic (exact) mass is 342 g/mol. The zero-order valence-corrected chi connectivity index (χ0v) is 17.1. The molecule has 0 nitrogen and oxygen atoms in total. The van der Waals surface area contributed by atoms with E-state index in [1.54, 1.807) is 0 Å². The van der Waals surface area contributed by atoms with Gasteiger partial charge < -0.3 is 0 Å². The Bertz CT molecular complexity index is 405. The van der Waals surface area contributed by atoms with Crippen molar-refractivity contribution in [2.45, 2.75) is 110 Å². The highest BCUT2D eigenvalue weighted by Crippen LogP contribution is 2.33. The fraction of sp³-hybridized carbons (Fsp3) is 0.840. The van der Waals surface area contributed by atoms with Gasteiger partial charge in [0.1, 0.15) is 0 Å². The Morgan fingerprint density at radius 2 is 1.32 bits per heavy atom. The van der Waals surface area contributed by atoms with Gasteiger partial charge in [-0.2, -0.15) is 0 Å². The van der Waals surface area contributed by atoms with E-state index in [1.807, 2.05) is 0 Å². The third kappa shape index (κ3) is 8.48. The number of unbranched alkanes of at least 4 members (excludes halogenated alkanes) is 3. The minimum absolute atomic E-state index is 0.678. The van der Waals surface area contributed by atoms with E-state index in [0.29, 0.717) is 5.92 Å². The summed E-state index contributed by atoms with van der Waals surface area (Å²) in [6.45, 7) is 4.61. The molecule has 0 radical (unpaired) electrons. The van der Waals surface area contributed by atoms with Crippen LogP contribution in [0.5, 0.6) is 0 Å². The average molecular weight is 343 g/mol. The maximum absolute atomic E-state index is 3.54. The van der Waals surface area contributed by atoms with Crippen molar-refractivity contribution < 1.29 is 0 Å². The fourth-order valence-electron chi connectivity index (χ4n) is 4.79. The van der Waals surface area contributed by atoms with Crippen LogP contribution in [0.3, 0.4) is 0 Å². The molecular formula is C25H42. The average Bonchev–Trinajstić information content (AvgIpc) is 2.66. The lowest BCUT2D eigenvalue weighted by molar-refractivity contribution is 0.289. The van der Waals surface area contributed by atoms with Crippen LogP contribution in [0, 0.1) is 35.5 Å². The Labute approximate surface area is 158 Å². The summed E-state index contributed by atoms with van der Waals surface area (Å²) in [6.07, 6.45) is 25.8. The summed E-state index contributed by atoms with van der Waals surface area (Å²) in [4.78, 5) is 0. The van der Waals surface area contributed by atoms with Crippen LogP contribution in [0.2, 0.25) is 0 Å². The number of allylic oxidation sites excluding steroid dienone is 2. The van der Waals surface area contributed by atoms with Crippen molar-refractivity contribution in [3.63, 3.8) is 0 Å². The molecule has 0 aromatic carbocycles. The SMILES string of the molecule is CCCCCC1CCC(C=CC#CC2CCC(CCCC)CC2)CC1. The van der Waals surface area contributed by atoms with Gasteiger partial charge >= 0.3 is 0 Å². The molecule has 0 aliphatic heterocycles. The maximum Gasteiger partial charge on any atom is 0.0206 e. The van der Waals surface area contributed by atoms with Gasteiger partial charge in [-0.1, -0.05) is 76.7 Å². The third-order valence-corrected chi connectivity index (χ3v) is 6.66. The first kappa shape index (κ1) is 20.6. The number of hydrogen-bond acceptors (Lipinski definition) is 0. The minimum atomic E-state index is 0.678. The summed E-state index contributed by atoms with van der Waals surface area (Å²) in [5.74, 6) is 10.4. The van der Waals surface area contributed by atoms with Crippen molar-refractivity contribution in [2.75, 3.05) is 0 Å². The van der Waals surface area contributed by atoms with Crippen LogP contribution in [0.15, 0.2) is 12.2 Å². The molecule has 142 valence electrons. The van der Waals surface area contributed by atoms with Gasteiger partial charge in [-0.05, 0) is 75.2 Å². The molecule has 0 unspecified atom stereocenters. The Morgan fingerprint density at radius 3 is 1.96 bits per heavy atom. The summed E-state index contributed by atoms with van der Waals surface area (Å²) >= 11 is 0. The summed E-state index contributed by atoms with van der Waals surface area (Å²) in [5, 5.41) is 0. The lowest BCUT2D eigenvalue weighted by Gasteiger charge is -2.26. The van der Waals surface area contributed by atoms with Crippen molar-refractivity contribution in [2.24, 2.45) is 23.7 Å². The Morgan fingerprint density at radius 1 is 0.720 bits per heavy atom. The van der Waals surface area contributed by atoms with Gasteiger partial charge in [-0.15, -0.1) is 0 Å². The Balaban J connectivity index is 1.59. The molecule has 0 N–H and O–H groups in total. The van der Waals surface area contributed by atoms with E-state index in [9.17, 15) is 0 Å². The molecule has 0 saturated heterocycles. The molecule has 2 fully saturated rings. The molecule has 0 aromatic rings. The van der Waals surface area contributed by atoms with Crippen LogP contribution in [0.4, 0.5) is 0 Å². The van der Waals surface area contributed by atoms with E-state index in [0.717, 1.165) is 17.8 Å². The van der Waals surface area contributed by atoms with Crippen molar-refractivity contribution >= 4 is 0 Å². The molecule has 0 aromatic heterocycles. The van der Waals surface area contributed by atoms with Gasteiger partial charge in [-0.25, -0.2) is 0 Å². The predicted molar refractivity (Wildman–Crippen MR) is 111 cm³/mol. The molecule has 0 heterocycles. The quantitative estimate of drug-likeness (QED) is 0.310. The van der Waals surface area contributed by atoms with E-state index in [1.165, 1.54) is 96.3 Å². The predicted octanol–water partition coefficient (Wildman–Crippen LogP) is 7.93. The van der Waals surface area contributed by atoms with Crippen LogP contribution in [-0.4, -0.2) is 0 Å². The Kier molecular flexibility index (Phi) is 10.4. The van der Waals surface area contributed by atoms with Crippen molar-refractivity contribution in [1.29, 1.82) is 0 Å². The lowest BCUT2D eigenvalue weighted by atomic mass is 9.79. The number of rotatable bonds is 8. The van der Waals surface area contributed by atoms with Crippen LogP contribution in [0.1, 0.15) is 110 Å². The minimum Gasteiger partial charge on any atom is -0.0951 e. The van der Waals surface area contributed by atoms with Crippen molar-refractivity contribution in [1.82, 2.24) is 0 Å². The van der Waals surface area contributed by atoms with E-state index in [4.69, 9.17) is 0 Å². The standard InChI is InChI=1S/C25H42/c1-3-5-7-11-23-18-20-25(21-19-23)13-9-8-12-24-16-14-22(15-17-24)10-6-4-2/h9,13,22-25H,3-7,10-11,14-21H2,1-2H3. The van der Waals surface area contributed by atoms with E-state index in [-0.39, 0.29) is 0 Å². The maximum atomic E-state index is 3.54. The van der Waals surface area contributed by atoms with Crippen molar-refractivity contribution in [3.8, 4) is 11.8 Å². The van der Waals surface area contributed by atoms with Crippen LogP contribution in [-0.2, 0) is 0 Å². The second kappa shape index (κ2) is 12.6. The molecule has 2 aliphatic rings. The molecule has 0 atom stereocenters. The second-order valence-corrected chi connectivity index (χ2v) is 8.78. The van der Waals surface area contributed by atoms with Gasteiger partial charge in [0.05, 0.1) is 0 Å². The van der Waals surface area contributed by atoms with Gasteiger partial charge in [-0.3, -0.25) is 0 Å². The molecule has 2 saturated carbocycles. The highest BCUT2D eigenvalue weighted by Gasteiger charge is 2.20. The summed E-state index contributed by atoms with van der Waals surface area (Å²) in [7, 11) is 0. The first-order valence-corrected chi connectivity index (χ1v) is 11.5. The topological polar surface area (TPSA) is 0 Å². The third-order valence-electron chi connectivity index (χ3n) is 6.66. The summed E-state index contributed by atoms with van der Waals surface area (Å²) < 4.78 is 0. The van der Waals surface area contributed by atoms with E-state index >= 15 is 0 Å². The molecule has 25 heavy (non-hydrogen) atoms. The first-order valence-electron chi connectivity index (χ1n) is 11.5. The highest BCUT2D eigenvalue weighted by atomic mass is 14.2. The summed E-state index contributed by atoms with van der Waals surface area (Å²) in [5.41, 5.74) is 0. The second-order valence-electron chi connectivity index (χ2n) is 8.78. The molecular weight excluding hydrogens is 300 g/mol. The van der Waals surface area contributed by atoms with Crippen molar-refractivity contribution in [3.05, 3.63) is 12.2 Å². The largest absolute Gasteiger partial charge is 0.0951 e. The molecule has 0 amide bonds. The van der Waals surface area contributed by atoms with Crippen LogP contribution < -0.4 is 0 Å². The zero-order chi connectivity index (χ0) is 17.7. The van der Waals surface area contributed by atoms with Gasteiger partial charge in [0, 0.05) is 5.92 Å². The molecule has 0 bridgehead atoms. The molecule has 0 spiro atoms. The number of hydrogen-bond donors (Lipinski definition) is 0. The molecule has 2 aliphatic carbocycles. The van der Waals surface area contributed by atoms with Gasteiger partial charge in [0.2, 0.25) is 0 Å². The smallest absolute Gasteiger partial charge is 0.0206 e. The fourth-order valence-corrected chi connectivity index (χ4v) is 4.79. The van der Waals surface area contributed by atoms with E-state index < -0.39 is 0 Å². The molecule has 2 rings (SSSR count). The lowest BCUT2D eigenvalue weighted by Crippen LogP contribution is -2.13. The molecule has 0 heteroatoms. The van der Waals surface area contributed by atoms with Gasteiger partial charge in [0.15, 0.2) is 0 Å². The van der Waals surface area contributed by atoms with Crippen LogP contribution in [0.25, 0.3) is 0 Å².